The van der Waals surface area contributed by atoms with Gasteiger partial charge in [0.15, 0.2) is 0 Å². The van der Waals surface area contributed by atoms with Crippen molar-refractivity contribution in [2.24, 2.45) is 11.7 Å². The second-order valence-corrected chi connectivity index (χ2v) is 7.78. The molecule has 0 saturated carbocycles. The number of hydrogen-bond acceptors (Lipinski definition) is 5. The fourth-order valence-electron chi connectivity index (χ4n) is 3.11. The molecule has 0 fully saturated rings. The molecule has 0 radical (unpaired) electrons. The van der Waals surface area contributed by atoms with Gasteiger partial charge in [-0.15, -0.1) is 0 Å². The molecular weight excluding hydrogens is 388 g/mol. The van der Waals surface area contributed by atoms with Crippen LogP contribution < -0.4 is 16.6 Å². The lowest BCUT2D eigenvalue weighted by molar-refractivity contribution is -0.385. The molecule has 1 aromatic carbocycles. The summed E-state index contributed by atoms with van der Waals surface area (Å²) in [5.41, 5.74) is 5.33. The first-order valence-corrected chi connectivity index (χ1v) is 9.59. The smallest absolute Gasteiger partial charge is 0.286 e. The molecule has 30 heavy (non-hydrogen) atoms. The molecule has 0 saturated heterocycles. The molecule has 0 spiro atoms. The van der Waals surface area contributed by atoms with Crippen molar-refractivity contribution in [1.82, 2.24) is 9.88 Å². The fourth-order valence-corrected chi connectivity index (χ4v) is 3.11. The minimum atomic E-state index is -1.09. The highest BCUT2D eigenvalue weighted by Gasteiger charge is 2.22. The normalized spacial score (nSPS) is 12.1. The summed E-state index contributed by atoms with van der Waals surface area (Å²) in [4.78, 5) is 46.8. The first-order chi connectivity index (χ1) is 14.0. The van der Waals surface area contributed by atoms with E-state index in [1.165, 1.54) is 5.56 Å². The number of rotatable bonds is 8. The van der Waals surface area contributed by atoms with Crippen molar-refractivity contribution >= 4 is 17.5 Å². The average Bonchev–Trinajstić information content (AvgIpc) is 2.67. The van der Waals surface area contributed by atoms with Crippen LogP contribution in [0.15, 0.2) is 41.3 Å². The van der Waals surface area contributed by atoms with Gasteiger partial charge in [-0.1, -0.05) is 52.0 Å². The van der Waals surface area contributed by atoms with E-state index in [0.717, 1.165) is 22.4 Å². The van der Waals surface area contributed by atoms with Crippen molar-refractivity contribution in [2.75, 3.05) is 0 Å². The molecule has 2 rings (SSSR count). The molecule has 9 nitrogen and oxygen atoms in total. The molecule has 0 aliphatic heterocycles. The molecule has 3 N–H and O–H groups in total. The number of aromatic nitrogens is 1. The summed E-state index contributed by atoms with van der Waals surface area (Å²) in [6.45, 7) is 7.60. The minimum absolute atomic E-state index is 0.0573. The Hall–Kier alpha value is -3.49. The van der Waals surface area contributed by atoms with Crippen molar-refractivity contribution in [2.45, 2.75) is 46.2 Å². The molecule has 1 atom stereocenters. The molecule has 1 aromatic heterocycles. The van der Waals surface area contributed by atoms with Crippen LogP contribution in [0.2, 0.25) is 0 Å². The van der Waals surface area contributed by atoms with Crippen LogP contribution in [0.3, 0.4) is 0 Å². The zero-order chi connectivity index (χ0) is 22.6. The predicted octanol–water partition coefficient (Wildman–Crippen LogP) is 2.49. The van der Waals surface area contributed by atoms with Gasteiger partial charge >= 0.3 is 0 Å². The predicted molar refractivity (Wildman–Crippen MR) is 112 cm³/mol. The Morgan fingerprint density at radius 2 is 1.70 bits per heavy atom. The van der Waals surface area contributed by atoms with Crippen LogP contribution in [0.4, 0.5) is 5.69 Å². The zero-order valence-corrected chi connectivity index (χ0v) is 17.4. The van der Waals surface area contributed by atoms with E-state index >= 15 is 0 Å². The number of pyridine rings is 1. The maximum atomic E-state index is 12.6. The lowest BCUT2D eigenvalue weighted by Gasteiger charge is -2.23. The summed E-state index contributed by atoms with van der Waals surface area (Å²) in [7, 11) is 0. The number of hydrogen-bond donors (Lipinski definition) is 2. The van der Waals surface area contributed by atoms with E-state index in [0.29, 0.717) is 5.92 Å². The van der Waals surface area contributed by atoms with Crippen LogP contribution in [0, 0.1) is 16.0 Å². The Bertz CT molecular complexity index is 1010. The Balaban J connectivity index is 2.29. The molecule has 9 heteroatoms. The number of nitrogens with two attached hydrogens (primary N) is 1. The molecule has 1 unspecified atom stereocenters. The molecule has 0 aliphatic carbocycles. The third-order valence-electron chi connectivity index (χ3n) is 4.81. The van der Waals surface area contributed by atoms with Gasteiger partial charge in [-0.05, 0) is 23.0 Å². The summed E-state index contributed by atoms with van der Waals surface area (Å²) in [6.07, 6.45) is 0.927. The van der Waals surface area contributed by atoms with Crippen LogP contribution in [0.1, 0.15) is 61.1 Å². The Morgan fingerprint density at radius 3 is 2.17 bits per heavy atom. The number of amides is 2. The summed E-state index contributed by atoms with van der Waals surface area (Å²) in [5, 5.41) is 14.0. The van der Waals surface area contributed by atoms with E-state index in [1.807, 2.05) is 38.1 Å². The SMILES string of the molecule is CC(C)c1ccc(C(NC(=O)Cn2cc([N+](=O)[O-])cc(C(N)=O)c2=O)C(C)C)cc1. The van der Waals surface area contributed by atoms with Gasteiger partial charge in [0, 0.05) is 6.07 Å². The summed E-state index contributed by atoms with van der Waals surface area (Å²) >= 11 is 0. The van der Waals surface area contributed by atoms with Gasteiger partial charge in [0.25, 0.3) is 17.2 Å². The molecule has 0 aliphatic rings. The van der Waals surface area contributed by atoms with Crippen molar-refractivity contribution < 1.29 is 14.5 Å². The first-order valence-electron chi connectivity index (χ1n) is 9.59. The lowest BCUT2D eigenvalue weighted by atomic mass is 9.93. The van der Waals surface area contributed by atoms with Gasteiger partial charge in [0.1, 0.15) is 12.1 Å². The standard InChI is InChI=1S/C21H26N4O5/c1-12(2)14-5-7-15(8-6-14)19(13(3)4)23-18(26)11-24-10-16(25(29)30)9-17(20(22)27)21(24)28/h5-10,12-13,19H,11H2,1-4H3,(H2,22,27)(H,23,26). The van der Waals surface area contributed by atoms with E-state index in [-0.39, 0.29) is 12.0 Å². The van der Waals surface area contributed by atoms with Crippen molar-refractivity contribution in [3.05, 3.63) is 73.7 Å². The third-order valence-corrected chi connectivity index (χ3v) is 4.81. The maximum absolute atomic E-state index is 12.6. The molecule has 1 heterocycles. The number of carbonyl (C=O) groups excluding carboxylic acids is 2. The largest absolute Gasteiger partial charge is 0.365 e. The second kappa shape index (κ2) is 9.34. The number of benzene rings is 1. The number of primary amides is 1. The van der Waals surface area contributed by atoms with Gasteiger partial charge in [-0.25, -0.2) is 0 Å². The number of carbonyl (C=O) groups is 2. The van der Waals surface area contributed by atoms with E-state index in [1.54, 1.807) is 0 Å². The molecule has 2 amide bonds. The molecule has 160 valence electrons. The minimum Gasteiger partial charge on any atom is -0.365 e. The number of nitrogens with one attached hydrogen (secondary N) is 1. The van der Waals surface area contributed by atoms with Crippen molar-refractivity contribution in [1.29, 1.82) is 0 Å². The highest BCUT2D eigenvalue weighted by Crippen LogP contribution is 2.24. The van der Waals surface area contributed by atoms with Crippen LogP contribution >= 0.6 is 0 Å². The van der Waals surface area contributed by atoms with Gasteiger partial charge in [0.2, 0.25) is 5.91 Å². The van der Waals surface area contributed by atoms with Crippen LogP contribution in [-0.4, -0.2) is 21.3 Å². The van der Waals surface area contributed by atoms with Crippen LogP contribution in [0.5, 0.6) is 0 Å². The summed E-state index contributed by atoms with van der Waals surface area (Å²) in [5.74, 6) is -1.17. The Kier molecular flexibility index (Phi) is 7.10. The van der Waals surface area contributed by atoms with Crippen molar-refractivity contribution in [3.8, 4) is 0 Å². The average molecular weight is 414 g/mol. The van der Waals surface area contributed by atoms with Crippen LogP contribution in [0.25, 0.3) is 0 Å². The Morgan fingerprint density at radius 1 is 1.13 bits per heavy atom. The van der Waals surface area contributed by atoms with Gasteiger partial charge in [-0.3, -0.25) is 29.1 Å². The third kappa shape index (κ3) is 5.31. The zero-order valence-electron chi connectivity index (χ0n) is 17.4. The van der Waals surface area contributed by atoms with Crippen molar-refractivity contribution in [3.63, 3.8) is 0 Å². The highest BCUT2D eigenvalue weighted by atomic mass is 16.6. The highest BCUT2D eigenvalue weighted by molar-refractivity contribution is 5.93. The molecule has 0 bridgehead atoms. The monoisotopic (exact) mass is 414 g/mol. The summed E-state index contributed by atoms with van der Waals surface area (Å²) < 4.78 is 0.826. The van der Waals surface area contributed by atoms with E-state index in [4.69, 9.17) is 5.73 Å². The van der Waals surface area contributed by atoms with E-state index < -0.39 is 40.1 Å². The van der Waals surface area contributed by atoms with E-state index in [9.17, 15) is 24.5 Å². The number of nitro groups is 1. The van der Waals surface area contributed by atoms with Gasteiger partial charge in [0.05, 0.1) is 17.2 Å². The topological polar surface area (TPSA) is 137 Å². The number of nitrogens with zero attached hydrogens (tertiary/aromatic N) is 2. The second-order valence-electron chi connectivity index (χ2n) is 7.78. The first kappa shape index (κ1) is 22.8. The summed E-state index contributed by atoms with van der Waals surface area (Å²) in [6, 6.07) is 8.41. The quantitative estimate of drug-likeness (QED) is 0.505. The van der Waals surface area contributed by atoms with E-state index in [2.05, 4.69) is 19.2 Å². The lowest BCUT2D eigenvalue weighted by Crippen LogP contribution is -2.38. The van der Waals surface area contributed by atoms with Gasteiger partial charge < -0.3 is 11.1 Å². The Labute approximate surface area is 174 Å². The molecule has 2 aromatic rings. The van der Waals surface area contributed by atoms with Crippen LogP contribution in [-0.2, 0) is 11.3 Å². The maximum Gasteiger partial charge on any atom is 0.286 e. The molecular formula is C21H26N4O5. The fraction of sp³-hybridized carbons (Fsp3) is 0.381. The van der Waals surface area contributed by atoms with Gasteiger partial charge in [-0.2, -0.15) is 0 Å².